The van der Waals surface area contributed by atoms with Crippen LogP contribution in [0.15, 0.2) is 58.8 Å². The lowest BCUT2D eigenvalue weighted by molar-refractivity contribution is 0.0431. The van der Waals surface area contributed by atoms with Crippen LogP contribution in [0, 0.1) is 0 Å². The molecular weight excluding hydrogens is 420 g/mol. The molecule has 5 rings (SSSR count). The Labute approximate surface area is 183 Å². The van der Waals surface area contributed by atoms with Gasteiger partial charge in [0.05, 0.1) is 23.5 Å². The molecule has 4 heterocycles. The number of nitrogens with two attached hydrogens (primary N) is 2. The fourth-order valence-electron chi connectivity index (χ4n) is 4.08. The maximum atomic E-state index is 6.56. The van der Waals surface area contributed by atoms with Gasteiger partial charge in [-0.2, -0.15) is 0 Å². The quantitative estimate of drug-likeness (QED) is 0.635. The highest BCUT2D eigenvalue weighted by Crippen LogP contribution is 2.47. The normalized spacial score (nSPS) is 19.5. The van der Waals surface area contributed by atoms with Crippen LogP contribution in [0.3, 0.4) is 0 Å². The van der Waals surface area contributed by atoms with Crippen molar-refractivity contribution in [3.8, 4) is 5.75 Å². The van der Waals surface area contributed by atoms with E-state index in [1.54, 1.807) is 18.6 Å². The van der Waals surface area contributed by atoms with Crippen LogP contribution in [0.1, 0.15) is 24.4 Å². The van der Waals surface area contributed by atoms with E-state index >= 15 is 0 Å². The molecule has 0 amide bonds. The fraction of sp³-hybridized carbons (Fsp3) is 0.286. The third-order valence-corrected chi connectivity index (χ3v) is 7.27. The minimum Gasteiger partial charge on any atom is -0.485 e. The number of rotatable bonds is 3. The number of aromatic nitrogens is 3. The van der Waals surface area contributed by atoms with E-state index in [1.165, 1.54) is 11.8 Å². The van der Waals surface area contributed by atoms with Crippen molar-refractivity contribution in [2.75, 3.05) is 23.7 Å². The molecule has 1 atom stereocenters. The van der Waals surface area contributed by atoms with E-state index in [2.05, 4.69) is 25.9 Å². The number of piperidine rings is 1. The van der Waals surface area contributed by atoms with E-state index < -0.39 is 0 Å². The third-order valence-electron chi connectivity index (χ3n) is 5.78. The number of nitrogens with zero attached hydrogens (tertiary/aromatic N) is 4. The molecule has 1 saturated heterocycles. The molecule has 1 spiro atoms. The summed E-state index contributed by atoms with van der Waals surface area (Å²) in [5, 5.41) is 1.18. The molecular formula is C21H21ClN6OS. The van der Waals surface area contributed by atoms with Crippen molar-refractivity contribution in [2.45, 2.75) is 34.4 Å². The average Bonchev–Trinajstić information content (AvgIpc) is 3.04. The highest BCUT2D eigenvalue weighted by Gasteiger charge is 2.48. The van der Waals surface area contributed by atoms with Gasteiger partial charge >= 0.3 is 0 Å². The number of fused-ring (bicyclic) bond motifs is 1. The van der Waals surface area contributed by atoms with E-state index in [0.29, 0.717) is 10.8 Å². The van der Waals surface area contributed by atoms with Crippen LogP contribution in [0.2, 0.25) is 5.02 Å². The SMILES string of the molecule is Nc1nccc(Sc2cnc(N3CCC4(CC3)Oc3ccccc3[C@H]4N)cn2)c1Cl. The van der Waals surface area contributed by atoms with Gasteiger partial charge in [0.1, 0.15) is 28.0 Å². The predicted molar refractivity (Wildman–Crippen MR) is 118 cm³/mol. The van der Waals surface area contributed by atoms with E-state index in [4.69, 9.17) is 27.8 Å². The Morgan fingerprint density at radius 2 is 1.90 bits per heavy atom. The average molecular weight is 441 g/mol. The van der Waals surface area contributed by atoms with Gasteiger partial charge in [-0.25, -0.2) is 15.0 Å². The summed E-state index contributed by atoms with van der Waals surface area (Å²) >= 11 is 7.63. The molecule has 0 radical (unpaired) electrons. The van der Waals surface area contributed by atoms with Crippen molar-refractivity contribution in [1.29, 1.82) is 0 Å². The standard InChI is InChI=1S/C21H21ClN6OS/c22-18-15(5-8-25-20(18)24)30-17-12-26-16(11-27-17)28-9-6-21(7-10-28)19(23)13-3-1-2-4-14(13)29-21/h1-5,8,11-12,19H,6-7,9-10,23H2,(H2,24,25)/t19-/m1/s1. The van der Waals surface area contributed by atoms with E-state index in [-0.39, 0.29) is 11.6 Å². The van der Waals surface area contributed by atoms with Gasteiger partial charge in [0.25, 0.3) is 0 Å². The molecule has 0 unspecified atom stereocenters. The highest BCUT2D eigenvalue weighted by molar-refractivity contribution is 7.99. The lowest BCUT2D eigenvalue weighted by atomic mass is 9.83. The molecule has 9 heteroatoms. The summed E-state index contributed by atoms with van der Waals surface area (Å²) in [6.45, 7) is 1.63. The van der Waals surface area contributed by atoms with Crippen LogP contribution in [-0.2, 0) is 0 Å². The molecule has 0 bridgehead atoms. The molecule has 2 aromatic heterocycles. The zero-order valence-corrected chi connectivity index (χ0v) is 17.7. The Morgan fingerprint density at radius 3 is 2.63 bits per heavy atom. The minimum atomic E-state index is -0.332. The number of benzene rings is 1. The summed E-state index contributed by atoms with van der Waals surface area (Å²) in [6.07, 6.45) is 6.86. The molecule has 1 aromatic carbocycles. The van der Waals surface area contributed by atoms with Crippen LogP contribution in [0.5, 0.6) is 5.75 Å². The lowest BCUT2D eigenvalue weighted by Gasteiger charge is -2.41. The Morgan fingerprint density at radius 1 is 1.10 bits per heavy atom. The van der Waals surface area contributed by atoms with Crippen molar-refractivity contribution >= 4 is 35.0 Å². The number of hydrogen-bond acceptors (Lipinski definition) is 8. The number of para-hydroxylation sites is 1. The van der Waals surface area contributed by atoms with Crippen LogP contribution in [-0.4, -0.2) is 33.6 Å². The zero-order chi connectivity index (χ0) is 20.7. The molecule has 0 saturated carbocycles. The second kappa shape index (κ2) is 7.61. The molecule has 2 aliphatic rings. The number of halogens is 1. The van der Waals surface area contributed by atoms with Crippen molar-refractivity contribution < 1.29 is 4.74 Å². The fourth-order valence-corrected chi connectivity index (χ4v) is 5.07. The summed E-state index contributed by atoms with van der Waals surface area (Å²) < 4.78 is 6.32. The molecule has 3 aromatic rings. The first-order chi connectivity index (χ1) is 14.6. The molecule has 4 N–H and O–H groups in total. The molecule has 1 fully saturated rings. The maximum absolute atomic E-state index is 6.56. The maximum Gasteiger partial charge on any atom is 0.147 e. The lowest BCUT2D eigenvalue weighted by Crippen LogP contribution is -2.51. The summed E-state index contributed by atoms with van der Waals surface area (Å²) in [4.78, 5) is 16.1. The van der Waals surface area contributed by atoms with Crippen LogP contribution in [0.25, 0.3) is 0 Å². The van der Waals surface area contributed by atoms with Gasteiger partial charge in [0, 0.05) is 42.6 Å². The van der Waals surface area contributed by atoms with Gasteiger partial charge in [-0.3, -0.25) is 0 Å². The largest absolute Gasteiger partial charge is 0.485 e. The molecule has 30 heavy (non-hydrogen) atoms. The Balaban J connectivity index is 1.26. The minimum absolute atomic E-state index is 0.0988. The summed E-state index contributed by atoms with van der Waals surface area (Å²) in [6, 6.07) is 9.78. The van der Waals surface area contributed by atoms with Gasteiger partial charge in [-0.1, -0.05) is 41.6 Å². The van der Waals surface area contributed by atoms with E-state index in [9.17, 15) is 0 Å². The number of pyridine rings is 1. The van der Waals surface area contributed by atoms with Gasteiger partial charge < -0.3 is 21.1 Å². The molecule has 7 nitrogen and oxygen atoms in total. The Kier molecular flexibility index (Phi) is 4.92. The first kappa shape index (κ1) is 19.4. The van der Waals surface area contributed by atoms with Crippen LogP contribution < -0.4 is 21.1 Å². The number of hydrogen-bond donors (Lipinski definition) is 2. The van der Waals surface area contributed by atoms with Crippen molar-refractivity contribution in [3.05, 3.63) is 59.5 Å². The number of nitrogen functional groups attached to an aromatic ring is 1. The van der Waals surface area contributed by atoms with Crippen molar-refractivity contribution in [3.63, 3.8) is 0 Å². The van der Waals surface area contributed by atoms with Crippen molar-refractivity contribution in [1.82, 2.24) is 15.0 Å². The van der Waals surface area contributed by atoms with E-state index in [0.717, 1.165) is 53.0 Å². The van der Waals surface area contributed by atoms with Gasteiger partial charge in [-0.05, 0) is 12.1 Å². The first-order valence-electron chi connectivity index (χ1n) is 9.74. The molecule has 2 aliphatic heterocycles. The first-order valence-corrected chi connectivity index (χ1v) is 10.9. The topological polar surface area (TPSA) is 103 Å². The van der Waals surface area contributed by atoms with Gasteiger partial charge in [0.15, 0.2) is 0 Å². The smallest absolute Gasteiger partial charge is 0.147 e. The summed E-state index contributed by atoms with van der Waals surface area (Å²) in [5.41, 5.74) is 13.1. The predicted octanol–water partition coefficient (Wildman–Crippen LogP) is 3.69. The monoisotopic (exact) mass is 440 g/mol. The number of anilines is 2. The summed E-state index contributed by atoms with van der Waals surface area (Å²) in [5.74, 6) is 2.07. The Bertz CT molecular complexity index is 1070. The van der Waals surface area contributed by atoms with Crippen LogP contribution >= 0.6 is 23.4 Å². The second-order valence-electron chi connectivity index (χ2n) is 7.49. The zero-order valence-electron chi connectivity index (χ0n) is 16.2. The number of ether oxygens (including phenoxy) is 1. The molecule has 0 aliphatic carbocycles. The van der Waals surface area contributed by atoms with Gasteiger partial charge in [0.2, 0.25) is 0 Å². The van der Waals surface area contributed by atoms with Crippen LogP contribution in [0.4, 0.5) is 11.6 Å². The summed E-state index contributed by atoms with van der Waals surface area (Å²) in [7, 11) is 0. The van der Waals surface area contributed by atoms with E-state index in [1.807, 2.05) is 24.3 Å². The van der Waals surface area contributed by atoms with Crippen molar-refractivity contribution in [2.24, 2.45) is 5.73 Å². The molecule has 154 valence electrons. The third kappa shape index (κ3) is 3.34. The van der Waals surface area contributed by atoms with Gasteiger partial charge in [-0.15, -0.1) is 0 Å². The second-order valence-corrected chi connectivity index (χ2v) is 8.93. The highest BCUT2D eigenvalue weighted by atomic mass is 35.5. The Hall–Kier alpha value is -2.55.